The summed E-state index contributed by atoms with van der Waals surface area (Å²) in [7, 11) is 0. The first-order valence-corrected chi connectivity index (χ1v) is 8.88. The van der Waals surface area contributed by atoms with Crippen molar-refractivity contribution in [3.8, 4) is 5.75 Å². The Hall–Kier alpha value is -2.82. The molecular weight excluding hydrogens is 330 g/mol. The minimum absolute atomic E-state index is 0.264. The lowest BCUT2D eigenvalue weighted by Crippen LogP contribution is -2.43. The van der Waals surface area contributed by atoms with E-state index in [1.54, 1.807) is 31.2 Å². The number of rotatable bonds is 9. The van der Waals surface area contributed by atoms with Crippen LogP contribution < -0.4 is 10.1 Å². The van der Waals surface area contributed by atoms with E-state index in [0.29, 0.717) is 24.3 Å². The minimum Gasteiger partial charge on any atom is -0.494 e. The van der Waals surface area contributed by atoms with Crippen LogP contribution in [0.1, 0.15) is 36.2 Å². The second-order valence-electron chi connectivity index (χ2n) is 5.84. The van der Waals surface area contributed by atoms with Crippen molar-refractivity contribution in [1.29, 1.82) is 0 Å². The van der Waals surface area contributed by atoms with Crippen LogP contribution in [0, 0.1) is 0 Å². The molecule has 0 saturated heterocycles. The van der Waals surface area contributed by atoms with Crippen molar-refractivity contribution in [1.82, 2.24) is 5.32 Å². The molecule has 138 valence electrons. The van der Waals surface area contributed by atoms with Gasteiger partial charge < -0.3 is 14.8 Å². The van der Waals surface area contributed by atoms with Crippen LogP contribution >= 0.6 is 0 Å². The molecule has 0 aromatic heterocycles. The smallest absolute Gasteiger partial charge is 0.328 e. The Labute approximate surface area is 154 Å². The van der Waals surface area contributed by atoms with Gasteiger partial charge in [0.15, 0.2) is 0 Å². The normalized spacial score (nSPS) is 11.5. The Morgan fingerprint density at radius 2 is 1.81 bits per heavy atom. The van der Waals surface area contributed by atoms with Crippen LogP contribution in [0.15, 0.2) is 54.6 Å². The lowest BCUT2D eigenvalue weighted by molar-refractivity contribution is -0.145. The average molecular weight is 355 g/mol. The van der Waals surface area contributed by atoms with Crippen LogP contribution in [0.3, 0.4) is 0 Å². The third-order valence-electron chi connectivity index (χ3n) is 3.73. The fourth-order valence-corrected chi connectivity index (χ4v) is 2.47. The fourth-order valence-electron chi connectivity index (χ4n) is 2.47. The van der Waals surface area contributed by atoms with E-state index in [9.17, 15) is 9.59 Å². The number of esters is 1. The summed E-state index contributed by atoms with van der Waals surface area (Å²) in [5.41, 5.74) is 1.40. The van der Waals surface area contributed by atoms with Gasteiger partial charge in [-0.05, 0) is 37.1 Å². The number of benzene rings is 2. The summed E-state index contributed by atoms with van der Waals surface area (Å²) in [4.78, 5) is 24.9. The van der Waals surface area contributed by atoms with E-state index in [0.717, 1.165) is 12.0 Å². The highest BCUT2D eigenvalue weighted by Gasteiger charge is 2.23. The lowest BCUT2D eigenvalue weighted by Gasteiger charge is -2.18. The zero-order valence-electron chi connectivity index (χ0n) is 15.2. The van der Waals surface area contributed by atoms with Crippen LogP contribution in [0.4, 0.5) is 0 Å². The molecule has 0 saturated carbocycles. The maximum atomic E-state index is 12.6. The molecule has 0 radical (unpaired) electrons. The van der Waals surface area contributed by atoms with Gasteiger partial charge in [0.25, 0.3) is 5.91 Å². The third-order valence-corrected chi connectivity index (χ3v) is 3.73. The Morgan fingerprint density at radius 3 is 2.50 bits per heavy atom. The number of carbonyl (C=O) groups excluding carboxylic acids is 2. The van der Waals surface area contributed by atoms with Crippen LogP contribution in [0.5, 0.6) is 5.75 Å². The van der Waals surface area contributed by atoms with Crippen molar-refractivity contribution in [2.45, 2.75) is 32.7 Å². The summed E-state index contributed by atoms with van der Waals surface area (Å²) in [6.45, 7) is 4.61. The Morgan fingerprint density at radius 1 is 1.04 bits per heavy atom. The zero-order valence-corrected chi connectivity index (χ0v) is 15.2. The van der Waals surface area contributed by atoms with Crippen molar-refractivity contribution in [2.75, 3.05) is 13.2 Å². The molecule has 0 spiro atoms. The van der Waals surface area contributed by atoms with E-state index in [-0.39, 0.29) is 12.5 Å². The molecule has 0 aliphatic carbocycles. The molecule has 1 N–H and O–H groups in total. The van der Waals surface area contributed by atoms with Gasteiger partial charge in [-0.2, -0.15) is 0 Å². The van der Waals surface area contributed by atoms with Gasteiger partial charge in [-0.1, -0.05) is 43.3 Å². The summed E-state index contributed by atoms with van der Waals surface area (Å²) in [5.74, 6) is -0.140. The highest BCUT2D eigenvalue weighted by atomic mass is 16.5. The quantitative estimate of drug-likeness (QED) is 0.701. The van der Waals surface area contributed by atoms with Crippen LogP contribution in [-0.2, 0) is 16.0 Å². The van der Waals surface area contributed by atoms with Crippen molar-refractivity contribution in [3.05, 3.63) is 65.7 Å². The van der Waals surface area contributed by atoms with Crippen LogP contribution in [-0.4, -0.2) is 31.1 Å². The van der Waals surface area contributed by atoms with Gasteiger partial charge in [-0.15, -0.1) is 0 Å². The number of amides is 1. The molecule has 2 aromatic rings. The standard InChI is InChI=1S/C21H25NO4/c1-3-13-26-18-12-8-11-17(15-18)20(23)22-19(21(24)25-4-2)14-16-9-6-5-7-10-16/h5-12,15,19H,3-4,13-14H2,1-2H3,(H,22,23). The maximum Gasteiger partial charge on any atom is 0.328 e. The summed E-state index contributed by atoms with van der Waals surface area (Å²) in [6, 6.07) is 15.7. The SMILES string of the molecule is CCCOc1cccc(C(=O)NC(Cc2ccccc2)C(=O)OCC)c1. The molecule has 5 heteroatoms. The second kappa shape index (κ2) is 10.2. The molecule has 1 amide bonds. The number of hydrogen-bond acceptors (Lipinski definition) is 4. The predicted molar refractivity (Wildman–Crippen MR) is 100 cm³/mol. The van der Waals surface area contributed by atoms with Gasteiger partial charge in [0.2, 0.25) is 0 Å². The summed E-state index contributed by atoms with van der Waals surface area (Å²) in [5, 5.41) is 2.78. The Balaban J connectivity index is 2.11. The first-order chi connectivity index (χ1) is 12.6. The zero-order chi connectivity index (χ0) is 18.8. The molecule has 0 aliphatic rings. The van der Waals surface area contributed by atoms with Gasteiger partial charge in [-0.3, -0.25) is 4.79 Å². The number of carbonyl (C=O) groups is 2. The van der Waals surface area contributed by atoms with Crippen molar-refractivity contribution < 1.29 is 19.1 Å². The van der Waals surface area contributed by atoms with Crippen molar-refractivity contribution >= 4 is 11.9 Å². The van der Waals surface area contributed by atoms with Gasteiger partial charge in [0, 0.05) is 12.0 Å². The van der Waals surface area contributed by atoms with Gasteiger partial charge >= 0.3 is 5.97 Å². The Kier molecular flexibility index (Phi) is 7.68. The molecular formula is C21H25NO4. The number of hydrogen-bond donors (Lipinski definition) is 1. The van der Waals surface area contributed by atoms with E-state index < -0.39 is 12.0 Å². The highest BCUT2D eigenvalue weighted by Crippen LogP contribution is 2.14. The molecule has 0 heterocycles. The molecule has 2 rings (SSSR count). The van der Waals surface area contributed by atoms with E-state index >= 15 is 0 Å². The maximum absolute atomic E-state index is 12.6. The van der Waals surface area contributed by atoms with E-state index in [1.807, 2.05) is 37.3 Å². The molecule has 2 aromatic carbocycles. The molecule has 26 heavy (non-hydrogen) atoms. The van der Waals surface area contributed by atoms with Crippen molar-refractivity contribution in [2.24, 2.45) is 0 Å². The second-order valence-corrected chi connectivity index (χ2v) is 5.84. The molecule has 5 nitrogen and oxygen atoms in total. The average Bonchev–Trinajstić information content (AvgIpc) is 2.67. The Bertz CT molecular complexity index is 715. The summed E-state index contributed by atoms with van der Waals surface area (Å²) < 4.78 is 10.7. The summed E-state index contributed by atoms with van der Waals surface area (Å²) >= 11 is 0. The molecule has 1 unspecified atom stereocenters. The van der Waals surface area contributed by atoms with E-state index in [4.69, 9.17) is 9.47 Å². The van der Waals surface area contributed by atoms with Crippen LogP contribution in [0.25, 0.3) is 0 Å². The fraction of sp³-hybridized carbons (Fsp3) is 0.333. The van der Waals surface area contributed by atoms with Crippen LogP contribution in [0.2, 0.25) is 0 Å². The predicted octanol–water partition coefficient (Wildman–Crippen LogP) is 3.38. The molecule has 0 bridgehead atoms. The topological polar surface area (TPSA) is 64.6 Å². The van der Waals surface area contributed by atoms with Crippen molar-refractivity contribution in [3.63, 3.8) is 0 Å². The minimum atomic E-state index is -0.745. The number of ether oxygens (including phenoxy) is 2. The largest absolute Gasteiger partial charge is 0.494 e. The lowest BCUT2D eigenvalue weighted by atomic mass is 10.1. The van der Waals surface area contributed by atoms with E-state index in [1.165, 1.54) is 0 Å². The van der Waals surface area contributed by atoms with Gasteiger partial charge in [0.05, 0.1) is 13.2 Å². The summed E-state index contributed by atoms with van der Waals surface area (Å²) in [6.07, 6.45) is 1.26. The van der Waals surface area contributed by atoms with E-state index in [2.05, 4.69) is 5.32 Å². The third kappa shape index (κ3) is 5.92. The monoisotopic (exact) mass is 355 g/mol. The number of nitrogens with one attached hydrogen (secondary N) is 1. The molecule has 0 fully saturated rings. The first kappa shape index (κ1) is 19.5. The first-order valence-electron chi connectivity index (χ1n) is 8.88. The molecule has 0 aliphatic heterocycles. The highest BCUT2D eigenvalue weighted by molar-refractivity contribution is 5.97. The van der Waals surface area contributed by atoms with Gasteiger partial charge in [-0.25, -0.2) is 4.79 Å². The van der Waals surface area contributed by atoms with Gasteiger partial charge in [0.1, 0.15) is 11.8 Å². The molecule has 1 atom stereocenters.